The summed E-state index contributed by atoms with van der Waals surface area (Å²) in [6, 6.07) is 7.68. The zero-order valence-electron chi connectivity index (χ0n) is 11.2. The van der Waals surface area contributed by atoms with Crippen molar-refractivity contribution in [3.63, 3.8) is 0 Å². The molecule has 2 amide bonds. The smallest absolute Gasteiger partial charge is 0.319 e. The molecule has 0 unspecified atom stereocenters. The lowest BCUT2D eigenvalue weighted by Crippen LogP contribution is -2.37. The van der Waals surface area contributed by atoms with Crippen molar-refractivity contribution in [1.29, 1.82) is 0 Å². The van der Waals surface area contributed by atoms with E-state index in [-0.39, 0.29) is 6.03 Å². The molecule has 1 aliphatic rings. The summed E-state index contributed by atoms with van der Waals surface area (Å²) in [7, 11) is 0. The van der Waals surface area contributed by atoms with Crippen molar-refractivity contribution >= 4 is 23.3 Å². The first-order chi connectivity index (χ1) is 9.19. The van der Waals surface area contributed by atoms with E-state index in [1.807, 2.05) is 12.1 Å². The minimum absolute atomic E-state index is 0.186. The highest BCUT2D eigenvalue weighted by Crippen LogP contribution is 2.25. The highest BCUT2D eigenvalue weighted by molar-refractivity contribution is 6.30. The standard InChI is InChI=1S/C14H20ClN3O/c1-2-18(13-6-7-13)9-8-16-14(19)17-12-5-3-4-11(15)10-12/h3-5,10,13H,2,6-9H2,1H3,(H2,16,17,19). The van der Waals surface area contributed by atoms with Gasteiger partial charge in [0.1, 0.15) is 0 Å². The number of likely N-dealkylation sites (N-methyl/N-ethyl adjacent to an activating group) is 1. The Kier molecular flexibility index (Phi) is 5.05. The zero-order valence-corrected chi connectivity index (χ0v) is 11.9. The SMILES string of the molecule is CCN(CCNC(=O)Nc1cccc(Cl)c1)C1CC1. The van der Waals surface area contributed by atoms with Crippen molar-refractivity contribution in [3.8, 4) is 0 Å². The molecule has 4 nitrogen and oxygen atoms in total. The summed E-state index contributed by atoms with van der Waals surface area (Å²) in [5.74, 6) is 0. The van der Waals surface area contributed by atoms with E-state index in [4.69, 9.17) is 11.6 Å². The molecule has 0 bridgehead atoms. The van der Waals surface area contributed by atoms with Gasteiger partial charge < -0.3 is 10.6 Å². The van der Waals surface area contributed by atoms with Crippen LogP contribution in [0.4, 0.5) is 10.5 Å². The van der Waals surface area contributed by atoms with E-state index in [0.29, 0.717) is 17.3 Å². The lowest BCUT2D eigenvalue weighted by Gasteiger charge is -2.19. The molecule has 5 heteroatoms. The fourth-order valence-electron chi connectivity index (χ4n) is 2.09. The van der Waals surface area contributed by atoms with Crippen LogP contribution < -0.4 is 10.6 Å². The van der Waals surface area contributed by atoms with Crippen molar-refractivity contribution in [2.45, 2.75) is 25.8 Å². The highest BCUT2D eigenvalue weighted by atomic mass is 35.5. The number of nitrogens with zero attached hydrogens (tertiary/aromatic N) is 1. The minimum atomic E-state index is -0.186. The first-order valence-corrected chi connectivity index (χ1v) is 7.11. The van der Waals surface area contributed by atoms with Crippen molar-refractivity contribution in [2.75, 3.05) is 25.0 Å². The summed E-state index contributed by atoms with van der Waals surface area (Å²) < 4.78 is 0. The summed E-state index contributed by atoms with van der Waals surface area (Å²) >= 11 is 5.86. The zero-order chi connectivity index (χ0) is 13.7. The second-order valence-electron chi connectivity index (χ2n) is 4.75. The van der Waals surface area contributed by atoms with Gasteiger partial charge in [-0.2, -0.15) is 0 Å². The number of rotatable bonds is 6. The maximum Gasteiger partial charge on any atom is 0.319 e. The number of carbonyl (C=O) groups is 1. The lowest BCUT2D eigenvalue weighted by molar-refractivity contribution is 0.245. The number of nitrogens with one attached hydrogen (secondary N) is 2. The molecule has 2 N–H and O–H groups in total. The predicted octanol–water partition coefficient (Wildman–Crippen LogP) is 2.95. The molecule has 104 valence electrons. The third-order valence-corrected chi connectivity index (χ3v) is 3.47. The number of halogens is 1. The van der Waals surface area contributed by atoms with E-state index in [2.05, 4.69) is 22.5 Å². The number of hydrogen-bond donors (Lipinski definition) is 2. The van der Waals surface area contributed by atoms with Crippen LogP contribution >= 0.6 is 11.6 Å². The first-order valence-electron chi connectivity index (χ1n) is 6.73. The average Bonchev–Trinajstić information content (AvgIpc) is 3.19. The summed E-state index contributed by atoms with van der Waals surface area (Å²) in [6.07, 6.45) is 2.59. The Bertz CT molecular complexity index is 434. The van der Waals surface area contributed by atoms with Crippen LogP contribution in [0, 0.1) is 0 Å². The largest absolute Gasteiger partial charge is 0.337 e. The van der Waals surface area contributed by atoms with E-state index in [1.54, 1.807) is 12.1 Å². The Morgan fingerprint density at radius 1 is 1.47 bits per heavy atom. The van der Waals surface area contributed by atoms with E-state index in [0.717, 1.165) is 19.1 Å². The summed E-state index contributed by atoms with van der Waals surface area (Å²) in [6.45, 7) is 4.77. The van der Waals surface area contributed by atoms with Gasteiger partial charge in [0.2, 0.25) is 0 Å². The van der Waals surface area contributed by atoms with Gasteiger partial charge in [0.05, 0.1) is 0 Å². The van der Waals surface area contributed by atoms with Crippen LogP contribution in [0.5, 0.6) is 0 Å². The quantitative estimate of drug-likeness (QED) is 0.842. The molecule has 0 atom stereocenters. The highest BCUT2D eigenvalue weighted by Gasteiger charge is 2.27. The topological polar surface area (TPSA) is 44.4 Å². The van der Waals surface area contributed by atoms with E-state index < -0.39 is 0 Å². The lowest BCUT2D eigenvalue weighted by atomic mass is 10.3. The minimum Gasteiger partial charge on any atom is -0.337 e. The number of hydrogen-bond acceptors (Lipinski definition) is 2. The maximum absolute atomic E-state index is 11.7. The van der Waals surface area contributed by atoms with Crippen LogP contribution in [0.3, 0.4) is 0 Å². The molecule has 2 rings (SSSR count). The second-order valence-corrected chi connectivity index (χ2v) is 5.19. The van der Waals surface area contributed by atoms with Crippen LogP contribution in [0.25, 0.3) is 0 Å². The van der Waals surface area contributed by atoms with E-state index in [1.165, 1.54) is 12.8 Å². The van der Waals surface area contributed by atoms with Gasteiger partial charge in [-0.05, 0) is 37.6 Å². The molecule has 1 aromatic carbocycles. The van der Waals surface area contributed by atoms with E-state index in [9.17, 15) is 4.79 Å². The summed E-state index contributed by atoms with van der Waals surface area (Å²) in [5, 5.41) is 6.24. The van der Waals surface area contributed by atoms with E-state index >= 15 is 0 Å². The fraction of sp³-hybridized carbons (Fsp3) is 0.500. The third-order valence-electron chi connectivity index (χ3n) is 3.24. The third kappa shape index (κ3) is 4.73. The van der Waals surface area contributed by atoms with Crippen molar-refractivity contribution in [1.82, 2.24) is 10.2 Å². The molecule has 0 aromatic heterocycles. The monoisotopic (exact) mass is 281 g/mol. The Hall–Kier alpha value is -1.26. The summed E-state index contributed by atoms with van der Waals surface area (Å²) in [5.41, 5.74) is 0.708. The van der Waals surface area contributed by atoms with Gasteiger partial charge in [0.25, 0.3) is 0 Å². The van der Waals surface area contributed by atoms with Gasteiger partial charge in [-0.1, -0.05) is 24.6 Å². The number of amides is 2. The van der Waals surface area contributed by atoms with Crippen LogP contribution in [0.2, 0.25) is 5.02 Å². The van der Waals surface area contributed by atoms with Gasteiger partial charge in [0.15, 0.2) is 0 Å². The molecule has 0 saturated heterocycles. The van der Waals surface area contributed by atoms with Gasteiger partial charge >= 0.3 is 6.03 Å². The van der Waals surface area contributed by atoms with Crippen molar-refractivity contribution < 1.29 is 4.79 Å². The number of carbonyl (C=O) groups excluding carboxylic acids is 1. The van der Waals surface area contributed by atoms with Gasteiger partial charge in [-0.3, -0.25) is 4.90 Å². The van der Waals surface area contributed by atoms with Crippen LogP contribution in [0.1, 0.15) is 19.8 Å². The molecule has 0 radical (unpaired) electrons. The van der Waals surface area contributed by atoms with Gasteiger partial charge in [0, 0.05) is 29.8 Å². The fourth-order valence-corrected chi connectivity index (χ4v) is 2.28. The molecular formula is C14H20ClN3O. The number of benzene rings is 1. The molecule has 1 fully saturated rings. The van der Waals surface area contributed by atoms with Crippen LogP contribution in [0.15, 0.2) is 24.3 Å². The second kappa shape index (κ2) is 6.78. The molecule has 1 aromatic rings. The molecule has 19 heavy (non-hydrogen) atoms. The maximum atomic E-state index is 11.7. The molecule has 0 spiro atoms. The molecule has 0 aliphatic heterocycles. The number of anilines is 1. The van der Waals surface area contributed by atoms with Crippen LogP contribution in [-0.4, -0.2) is 36.6 Å². The molecule has 1 aliphatic carbocycles. The normalized spacial score (nSPS) is 14.5. The van der Waals surface area contributed by atoms with Gasteiger partial charge in [-0.15, -0.1) is 0 Å². The Morgan fingerprint density at radius 2 is 2.26 bits per heavy atom. The van der Waals surface area contributed by atoms with Crippen LogP contribution in [-0.2, 0) is 0 Å². The van der Waals surface area contributed by atoms with Crippen molar-refractivity contribution in [2.24, 2.45) is 0 Å². The van der Waals surface area contributed by atoms with Gasteiger partial charge in [-0.25, -0.2) is 4.79 Å². The molecule has 0 heterocycles. The summed E-state index contributed by atoms with van der Waals surface area (Å²) in [4.78, 5) is 14.1. The molecule has 1 saturated carbocycles. The molecular weight excluding hydrogens is 262 g/mol. The van der Waals surface area contributed by atoms with Crippen molar-refractivity contribution in [3.05, 3.63) is 29.3 Å². The Morgan fingerprint density at radius 3 is 2.89 bits per heavy atom. The average molecular weight is 282 g/mol. The predicted molar refractivity (Wildman–Crippen MR) is 78.7 cm³/mol. The Labute approximate surface area is 119 Å². The number of urea groups is 1. The first kappa shape index (κ1) is 14.2. The Balaban J connectivity index is 1.69.